The lowest BCUT2D eigenvalue weighted by atomic mass is 10.1. The van der Waals surface area contributed by atoms with Crippen LogP contribution >= 0.6 is 0 Å². The Balaban J connectivity index is 1.38. The molecule has 1 heterocycles. The summed E-state index contributed by atoms with van der Waals surface area (Å²) in [6, 6.07) is 15.6. The Morgan fingerprint density at radius 3 is 2.25 bits per heavy atom. The SMILES string of the molecule is O=C(CCC(=O)N1CCN(C/C=C/c2ccccc2)CC1)c1ccc(F)cc1. The van der Waals surface area contributed by atoms with Crippen molar-refractivity contribution in [3.05, 3.63) is 77.6 Å². The molecule has 1 aliphatic rings. The fourth-order valence-corrected chi connectivity index (χ4v) is 3.24. The van der Waals surface area contributed by atoms with Crippen molar-refractivity contribution >= 4 is 17.8 Å². The van der Waals surface area contributed by atoms with Crippen LogP contribution in [-0.2, 0) is 4.79 Å². The molecular formula is C23H25FN2O2. The quantitative estimate of drug-likeness (QED) is 0.689. The van der Waals surface area contributed by atoms with E-state index >= 15 is 0 Å². The normalized spacial score (nSPS) is 15.1. The smallest absolute Gasteiger partial charge is 0.223 e. The van der Waals surface area contributed by atoms with Gasteiger partial charge in [0.25, 0.3) is 0 Å². The highest BCUT2D eigenvalue weighted by molar-refractivity contribution is 5.97. The minimum atomic E-state index is -0.371. The van der Waals surface area contributed by atoms with Crippen molar-refractivity contribution in [2.75, 3.05) is 32.7 Å². The summed E-state index contributed by atoms with van der Waals surface area (Å²) < 4.78 is 12.9. The number of halogens is 1. The van der Waals surface area contributed by atoms with Crippen LogP contribution in [0.25, 0.3) is 6.08 Å². The fraction of sp³-hybridized carbons (Fsp3) is 0.304. The lowest BCUT2D eigenvalue weighted by molar-refractivity contribution is -0.132. The molecule has 3 rings (SSSR count). The molecule has 2 aromatic rings. The first-order chi connectivity index (χ1) is 13.6. The summed E-state index contributed by atoms with van der Waals surface area (Å²) >= 11 is 0. The Hall–Kier alpha value is -2.79. The van der Waals surface area contributed by atoms with Crippen molar-refractivity contribution in [3.8, 4) is 0 Å². The number of rotatable bonds is 7. The van der Waals surface area contributed by atoms with Gasteiger partial charge in [-0.1, -0.05) is 42.5 Å². The Morgan fingerprint density at radius 2 is 1.57 bits per heavy atom. The summed E-state index contributed by atoms with van der Waals surface area (Å²) in [6.45, 7) is 3.89. The molecule has 0 spiro atoms. The molecule has 0 unspecified atom stereocenters. The van der Waals surface area contributed by atoms with Crippen molar-refractivity contribution in [2.24, 2.45) is 0 Å². The molecule has 4 nitrogen and oxygen atoms in total. The van der Waals surface area contributed by atoms with Gasteiger partial charge in [0.05, 0.1) is 0 Å². The van der Waals surface area contributed by atoms with Gasteiger partial charge in [-0.05, 0) is 29.8 Å². The van der Waals surface area contributed by atoms with Crippen molar-refractivity contribution in [1.29, 1.82) is 0 Å². The van der Waals surface area contributed by atoms with Crippen LogP contribution in [-0.4, -0.2) is 54.2 Å². The zero-order chi connectivity index (χ0) is 19.8. The summed E-state index contributed by atoms with van der Waals surface area (Å²) in [5.74, 6) is -0.489. The van der Waals surface area contributed by atoms with Gasteiger partial charge in [-0.25, -0.2) is 4.39 Å². The molecule has 1 aliphatic heterocycles. The van der Waals surface area contributed by atoms with E-state index in [1.54, 1.807) is 0 Å². The fourth-order valence-electron chi connectivity index (χ4n) is 3.24. The lowest BCUT2D eigenvalue weighted by Crippen LogP contribution is -2.48. The van der Waals surface area contributed by atoms with Crippen LogP contribution in [0.5, 0.6) is 0 Å². The molecule has 28 heavy (non-hydrogen) atoms. The van der Waals surface area contributed by atoms with Crippen molar-refractivity contribution < 1.29 is 14.0 Å². The summed E-state index contributed by atoms with van der Waals surface area (Å²) in [4.78, 5) is 28.6. The molecular weight excluding hydrogens is 355 g/mol. The van der Waals surface area contributed by atoms with Crippen molar-refractivity contribution in [3.63, 3.8) is 0 Å². The van der Waals surface area contributed by atoms with Crippen LogP contribution < -0.4 is 0 Å². The first-order valence-electron chi connectivity index (χ1n) is 9.62. The second-order valence-corrected chi connectivity index (χ2v) is 6.92. The number of benzene rings is 2. The molecule has 5 heteroatoms. The number of hydrogen-bond acceptors (Lipinski definition) is 3. The molecule has 1 saturated heterocycles. The van der Waals surface area contributed by atoms with Crippen LogP contribution in [0.3, 0.4) is 0 Å². The van der Waals surface area contributed by atoms with E-state index in [0.717, 1.165) is 19.6 Å². The molecule has 0 aliphatic carbocycles. The third-order valence-corrected chi connectivity index (χ3v) is 4.93. The molecule has 1 amide bonds. The second kappa shape index (κ2) is 9.95. The number of Topliss-reactive ketones (excluding diaryl/α,β-unsaturated/α-hetero) is 1. The monoisotopic (exact) mass is 380 g/mol. The van der Waals surface area contributed by atoms with Crippen LogP contribution in [0.2, 0.25) is 0 Å². The number of ketones is 1. The van der Waals surface area contributed by atoms with Gasteiger partial charge in [-0.15, -0.1) is 0 Å². The average molecular weight is 380 g/mol. The topological polar surface area (TPSA) is 40.6 Å². The predicted molar refractivity (Wildman–Crippen MR) is 108 cm³/mol. The first kappa shape index (κ1) is 20.0. The van der Waals surface area contributed by atoms with E-state index in [1.807, 2.05) is 23.1 Å². The number of carbonyl (C=O) groups excluding carboxylic acids is 2. The van der Waals surface area contributed by atoms with Gasteiger partial charge in [-0.3, -0.25) is 14.5 Å². The van der Waals surface area contributed by atoms with Gasteiger partial charge >= 0.3 is 0 Å². The van der Waals surface area contributed by atoms with Gasteiger partial charge in [-0.2, -0.15) is 0 Å². The molecule has 1 fully saturated rings. The van der Waals surface area contributed by atoms with Crippen LogP contribution in [0.1, 0.15) is 28.8 Å². The highest BCUT2D eigenvalue weighted by Gasteiger charge is 2.21. The predicted octanol–water partition coefficient (Wildman–Crippen LogP) is 3.65. The summed E-state index contributed by atoms with van der Waals surface area (Å²) in [7, 11) is 0. The molecule has 0 atom stereocenters. The zero-order valence-electron chi connectivity index (χ0n) is 15.9. The standard InChI is InChI=1S/C23H25FN2O2/c24-21-10-8-20(9-11-21)22(27)12-13-23(28)26-17-15-25(16-18-26)14-4-7-19-5-2-1-3-6-19/h1-11H,12-18H2/b7-4+. The van der Waals surface area contributed by atoms with Gasteiger partial charge in [0.1, 0.15) is 5.82 Å². The van der Waals surface area contributed by atoms with E-state index in [9.17, 15) is 14.0 Å². The first-order valence-corrected chi connectivity index (χ1v) is 9.62. The minimum absolute atomic E-state index is 0.00920. The van der Waals surface area contributed by atoms with Crippen LogP contribution in [0.15, 0.2) is 60.7 Å². The Labute approximate surface area is 165 Å². The highest BCUT2D eigenvalue weighted by Crippen LogP contribution is 2.10. The number of carbonyl (C=O) groups is 2. The zero-order valence-corrected chi connectivity index (χ0v) is 15.9. The van der Waals surface area contributed by atoms with Gasteiger partial charge < -0.3 is 4.90 Å². The molecule has 0 saturated carbocycles. The maximum atomic E-state index is 12.9. The van der Waals surface area contributed by atoms with E-state index in [-0.39, 0.29) is 30.3 Å². The summed E-state index contributed by atoms with van der Waals surface area (Å²) in [5, 5.41) is 0. The lowest BCUT2D eigenvalue weighted by Gasteiger charge is -2.34. The molecule has 0 bridgehead atoms. The van der Waals surface area contributed by atoms with Crippen molar-refractivity contribution in [2.45, 2.75) is 12.8 Å². The van der Waals surface area contributed by atoms with E-state index in [4.69, 9.17) is 0 Å². The minimum Gasteiger partial charge on any atom is -0.340 e. The Bertz CT molecular complexity index is 810. The number of amides is 1. The Kier molecular flexibility index (Phi) is 7.09. The van der Waals surface area contributed by atoms with E-state index in [0.29, 0.717) is 18.7 Å². The summed E-state index contributed by atoms with van der Waals surface area (Å²) in [5.41, 5.74) is 1.63. The second-order valence-electron chi connectivity index (χ2n) is 6.92. The Morgan fingerprint density at radius 1 is 0.893 bits per heavy atom. The number of hydrogen-bond donors (Lipinski definition) is 0. The van der Waals surface area contributed by atoms with Crippen LogP contribution in [0.4, 0.5) is 4.39 Å². The van der Waals surface area contributed by atoms with E-state index < -0.39 is 0 Å². The molecule has 0 N–H and O–H groups in total. The van der Waals surface area contributed by atoms with Gasteiger partial charge in [0.15, 0.2) is 5.78 Å². The van der Waals surface area contributed by atoms with E-state index in [2.05, 4.69) is 29.2 Å². The highest BCUT2D eigenvalue weighted by atomic mass is 19.1. The maximum absolute atomic E-state index is 12.9. The number of piperazine rings is 1. The van der Waals surface area contributed by atoms with Crippen LogP contribution in [0, 0.1) is 5.82 Å². The third kappa shape index (κ3) is 5.86. The van der Waals surface area contributed by atoms with Crippen molar-refractivity contribution in [1.82, 2.24) is 9.80 Å². The molecule has 0 radical (unpaired) electrons. The largest absolute Gasteiger partial charge is 0.340 e. The summed E-state index contributed by atoms with van der Waals surface area (Å²) in [6.07, 6.45) is 4.61. The van der Waals surface area contributed by atoms with Gasteiger partial charge in [0, 0.05) is 51.1 Å². The maximum Gasteiger partial charge on any atom is 0.223 e. The number of nitrogens with zero attached hydrogens (tertiary/aromatic N) is 2. The molecule has 2 aromatic carbocycles. The molecule has 146 valence electrons. The third-order valence-electron chi connectivity index (χ3n) is 4.93. The van der Waals surface area contributed by atoms with Gasteiger partial charge in [0.2, 0.25) is 5.91 Å². The van der Waals surface area contributed by atoms with E-state index in [1.165, 1.54) is 29.8 Å². The average Bonchev–Trinajstić information content (AvgIpc) is 2.73. The molecule has 0 aromatic heterocycles.